The molecule has 1 aromatic rings. The highest BCUT2D eigenvalue weighted by Crippen LogP contribution is 2.29. The largest absolute Gasteiger partial charge is 0.453 e. The normalized spacial score (nSPS) is 16.9. The molecule has 0 bridgehead atoms. The SMILES string of the molecule is COCc1ccc(C(=O)NC2(CN)CCCC2)o1.Cl. The molecule has 1 aliphatic rings. The van der Waals surface area contributed by atoms with Crippen LogP contribution in [0, 0.1) is 0 Å². The fourth-order valence-corrected chi connectivity index (χ4v) is 2.45. The number of furan rings is 1. The van der Waals surface area contributed by atoms with E-state index in [9.17, 15) is 4.79 Å². The molecule has 1 amide bonds. The summed E-state index contributed by atoms with van der Waals surface area (Å²) in [4.78, 5) is 12.1. The van der Waals surface area contributed by atoms with Crippen LogP contribution in [0.25, 0.3) is 0 Å². The Morgan fingerprint density at radius 2 is 2.16 bits per heavy atom. The van der Waals surface area contributed by atoms with E-state index in [1.54, 1.807) is 19.2 Å². The second-order valence-electron chi connectivity index (χ2n) is 4.84. The summed E-state index contributed by atoms with van der Waals surface area (Å²) in [7, 11) is 1.59. The second kappa shape index (κ2) is 6.93. The number of hydrogen-bond donors (Lipinski definition) is 2. The van der Waals surface area contributed by atoms with Crippen molar-refractivity contribution in [3.63, 3.8) is 0 Å². The summed E-state index contributed by atoms with van der Waals surface area (Å²) in [6.07, 6.45) is 4.12. The highest BCUT2D eigenvalue weighted by molar-refractivity contribution is 5.92. The number of rotatable bonds is 5. The van der Waals surface area contributed by atoms with Gasteiger partial charge in [-0.15, -0.1) is 12.4 Å². The van der Waals surface area contributed by atoms with Gasteiger partial charge in [0.15, 0.2) is 5.76 Å². The molecule has 5 nitrogen and oxygen atoms in total. The van der Waals surface area contributed by atoms with E-state index in [1.807, 2.05) is 0 Å². The van der Waals surface area contributed by atoms with Crippen molar-refractivity contribution in [1.82, 2.24) is 5.32 Å². The highest BCUT2D eigenvalue weighted by Gasteiger charge is 2.34. The minimum atomic E-state index is -0.245. The maximum absolute atomic E-state index is 12.1. The molecule has 0 atom stereocenters. The summed E-state index contributed by atoms with van der Waals surface area (Å²) >= 11 is 0. The zero-order chi connectivity index (χ0) is 13.0. The maximum atomic E-state index is 12.1. The lowest BCUT2D eigenvalue weighted by Crippen LogP contribution is -2.51. The number of ether oxygens (including phenoxy) is 1. The monoisotopic (exact) mass is 288 g/mol. The molecule has 0 saturated heterocycles. The van der Waals surface area contributed by atoms with E-state index in [-0.39, 0.29) is 23.9 Å². The van der Waals surface area contributed by atoms with E-state index >= 15 is 0 Å². The lowest BCUT2D eigenvalue weighted by molar-refractivity contribution is 0.0866. The number of carbonyl (C=O) groups is 1. The van der Waals surface area contributed by atoms with Gasteiger partial charge in [0.2, 0.25) is 0 Å². The Balaban J connectivity index is 0.00000180. The zero-order valence-corrected chi connectivity index (χ0v) is 11.9. The first-order chi connectivity index (χ1) is 8.69. The van der Waals surface area contributed by atoms with E-state index in [1.165, 1.54) is 0 Å². The lowest BCUT2D eigenvalue weighted by Gasteiger charge is -2.28. The molecule has 1 fully saturated rings. The summed E-state index contributed by atoms with van der Waals surface area (Å²) in [6.45, 7) is 0.847. The van der Waals surface area contributed by atoms with Gasteiger partial charge in [-0.2, -0.15) is 0 Å². The van der Waals surface area contributed by atoms with E-state index in [2.05, 4.69) is 5.32 Å². The van der Waals surface area contributed by atoms with Crippen molar-refractivity contribution in [3.8, 4) is 0 Å². The average Bonchev–Trinajstić information content (AvgIpc) is 2.99. The number of nitrogens with two attached hydrogens (primary N) is 1. The molecule has 1 saturated carbocycles. The van der Waals surface area contributed by atoms with Gasteiger partial charge in [-0.25, -0.2) is 0 Å². The van der Waals surface area contributed by atoms with Crippen LogP contribution in [-0.4, -0.2) is 25.1 Å². The van der Waals surface area contributed by atoms with Crippen molar-refractivity contribution < 1.29 is 13.9 Å². The predicted molar refractivity (Wildman–Crippen MR) is 74.4 cm³/mol. The molecule has 1 aromatic heterocycles. The van der Waals surface area contributed by atoms with Crippen LogP contribution in [0.2, 0.25) is 0 Å². The van der Waals surface area contributed by atoms with Gasteiger partial charge in [0.05, 0.1) is 5.54 Å². The summed E-state index contributed by atoms with van der Waals surface area (Å²) in [5.74, 6) is 0.780. The van der Waals surface area contributed by atoms with Crippen LogP contribution in [0.4, 0.5) is 0 Å². The van der Waals surface area contributed by atoms with Crippen LogP contribution in [0.15, 0.2) is 16.5 Å². The first-order valence-corrected chi connectivity index (χ1v) is 6.29. The van der Waals surface area contributed by atoms with Gasteiger partial charge >= 0.3 is 0 Å². The van der Waals surface area contributed by atoms with Gasteiger partial charge < -0.3 is 20.2 Å². The van der Waals surface area contributed by atoms with E-state index in [0.717, 1.165) is 25.7 Å². The molecule has 3 N–H and O–H groups in total. The van der Waals surface area contributed by atoms with Crippen LogP contribution in [0.1, 0.15) is 42.0 Å². The molecule has 1 aliphatic carbocycles. The Bertz CT molecular complexity index is 414. The molecule has 0 aliphatic heterocycles. The second-order valence-corrected chi connectivity index (χ2v) is 4.84. The maximum Gasteiger partial charge on any atom is 0.287 e. The third kappa shape index (κ3) is 3.72. The number of amides is 1. The Morgan fingerprint density at radius 1 is 1.47 bits per heavy atom. The van der Waals surface area contributed by atoms with E-state index < -0.39 is 0 Å². The van der Waals surface area contributed by atoms with Crippen molar-refractivity contribution in [1.29, 1.82) is 0 Å². The molecule has 0 aromatic carbocycles. The first kappa shape index (κ1) is 16.0. The molecule has 2 rings (SSSR count). The standard InChI is InChI=1S/C13H20N2O3.ClH/c1-17-8-10-4-5-11(18-10)12(16)15-13(9-14)6-2-3-7-13;/h4-5H,2-3,6-9,14H2,1H3,(H,15,16);1H. The quantitative estimate of drug-likeness (QED) is 0.867. The van der Waals surface area contributed by atoms with Crippen LogP contribution in [0.3, 0.4) is 0 Å². The first-order valence-electron chi connectivity index (χ1n) is 6.29. The molecule has 0 radical (unpaired) electrons. The Hall–Kier alpha value is -1.04. The topological polar surface area (TPSA) is 77.5 Å². The number of hydrogen-bond acceptors (Lipinski definition) is 4. The van der Waals surface area contributed by atoms with Crippen molar-refractivity contribution in [2.75, 3.05) is 13.7 Å². The highest BCUT2D eigenvalue weighted by atomic mass is 35.5. The third-order valence-corrected chi connectivity index (χ3v) is 3.50. The molecule has 0 spiro atoms. The van der Waals surface area contributed by atoms with Crippen molar-refractivity contribution in [2.24, 2.45) is 5.73 Å². The van der Waals surface area contributed by atoms with Crippen molar-refractivity contribution in [2.45, 2.75) is 37.8 Å². The number of methoxy groups -OCH3 is 1. The van der Waals surface area contributed by atoms with Gasteiger partial charge in [-0.3, -0.25) is 4.79 Å². The molecule has 19 heavy (non-hydrogen) atoms. The number of nitrogens with one attached hydrogen (secondary N) is 1. The fraction of sp³-hybridized carbons (Fsp3) is 0.615. The Morgan fingerprint density at radius 3 is 2.74 bits per heavy atom. The van der Waals surface area contributed by atoms with Crippen molar-refractivity contribution in [3.05, 3.63) is 23.7 Å². The van der Waals surface area contributed by atoms with Gasteiger partial charge in [-0.05, 0) is 25.0 Å². The van der Waals surface area contributed by atoms with Crippen LogP contribution < -0.4 is 11.1 Å². The predicted octanol–water partition coefficient (Wildman–Crippen LogP) is 1.85. The summed E-state index contributed by atoms with van der Waals surface area (Å²) in [6, 6.07) is 3.42. The molecule has 6 heteroatoms. The summed E-state index contributed by atoms with van der Waals surface area (Å²) in [5, 5.41) is 3.02. The third-order valence-electron chi connectivity index (χ3n) is 3.50. The van der Waals surface area contributed by atoms with Gasteiger partial charge in [-0.1, -0.05) is 12.8 Å². The average molecular weight is 289 g/mol. The van der Waals surface area contributed by atoms with E-state index in [0.29, 0.717) is 24.7 Å². The molecule has 0 unspecified atom stereocenters. The number of halogens is 1. The summed E-state index contributed by atoms with van der Waals surface area (Å²) < 4.78 is 10.4. The smallest absolute Gasteiger partial charge is 0.287 e. The Kier molecular flexibility index (Phi) is 5.85. The van der Waals surface area contributed by atoms with Gasteiger partial charge in [0.1, 0.15) is 12.4 Å². The molecular weight excluding hydrogens is 268 g/mol. The molecule has 1 heterocycles. The minimum absolute atomic E-state index is 0. The fourth-order valence-electron chi connectivity index (χ4n) is 2.45. The van der Waals surface area contributed by atoms with Gasteiger partial charge in [0, 0.05) is 13.7 Å². The lowest BCUT2D eigenvalue weighted by atomic mass is 9.98. The molecule has 108 valence electrons. The van der Waals surface area contributed by atoms with E-state index in [4.69, 9.17) is 14.9 Å². The summed E-state index contributed by atoms with van der Waals surface area (Å²) in [5.41, 5.74) is 5.54. The van der Waals surface area contributed by atoms with Crippen LogP contribution >= 0.6 is 12.4 Å². The zero-order valence-electron chi connectivity index (χ0n) is 11.1. The van der Waals surface area contributed by atoms with Crippen LogP contribution in [0.5, 0.6) is 0 Å². The van der Waals surface area contributed by atoms with Crippen molar-refractivity contribution >= 4 is 18.3 Å². The van der Waals surface area contributed by atoms with Gasteiger partial charge in [0.25, 0.3) is 5.91 Å². The number of carbonyl (C=O) groups excluding carboxylic acids is 1. The Labute approximate surface area is 119 Å². The minimum Gasteiger partial charge on any atom is -0.453 e. The van der Waals surface area contributed by atoms with Crippen LogP contribution in [-0.2, 0) is 11.3 Å². The molecular formula is C13H21ClN2O3.